The van der Waals surface area contributed by atoms with Gasteiger partial charge in [0.25, 0.3) is 0 Å². The van der Waals surface area contributed by atoms with E-state index >= 15 is 0 Å². The van der Waals surface area contributed by atoms with Gasteiger partial charge in [-0.1, -0.05) is 20.8 Å². The van der Waals surface area contributed by atoms with Crippen LogP contribution in [-0.4, -0.2) is 18.0 Å². The minimum atomic E-state index is -0.290. The van der Waals surface area contributed by atoms with E-state index in [4.69, 9.17) is 4.74 Å². The number of carbonyl (C=O) groups excluding carboxylic acids is 1. The lowest BCUT2D eigenvalue weighted by atomic mass is 9.58. The highest BCUT2D eigenvalue weighted by molar-refractivity contribution is 5.85. The van der Waals surface area contributed by atoms with Crippen LogP contribution in [0.4, 0.5) is 0 Å². The van der Waals surface area contributed by atoms with Gasteiger partial charge in [0.05, 0.1) is 17.6 Å². The Bertz CT molecular complexity index is 282. The molecule has 0 aromatic rings. The molecule has 3 atom stereocenters. The molecular weight excluding hydrogens is 188 g/mol. The van der Waals surface area contributed by atoms with E-state index in [1.54, 1.807) is 0 Å². The Balaban J connectivity index is 2.30. The summed E-state index contributed by atoms with van der Waals surface area (Å²) < 4.78 is 6.06. The summed E-state index contributed by atoms with van der Waals surface area (Å²) in [6.07, 6.45) is 4.51. The number of ketones is 1. The van der Waals surface area contributed by atoms with Crippen LogP contribution in [0, 0.1) is 10.8 Å². The molecule has 0 spiro atoms. The Morgan fingerprint density at radius 1 is 1.27 bits per heavy atom. The van der Waals surface area contributed by atoms with Gasteiger partial charge in [-0.2, -0.15) is 0 Å². The molecule has 0 aromatic carbocycles. The lowest BCUT2D eigenvalue weighted by molar-refractivity contribution is -0.189. The molecule has 2 rings (SSSR count). The highest BCUT2D eigenvalue weighted by Crippen LogP contribution is 2.51. The van der Waals surface area contributed by atoms with Crippen LogP contribution in [0.2, 0.25) is 0 Å². The third-order valence-corrected chi connectivity index (χ3v) is 4.42. The van der Waals surface area contributed by atoms with Gasteiger partial charge in [0, 0.05) is 6.42 Å². The van der Waals surface area contributed by atoms with E-state index in [2.05, 4.69) is 27.7 Å². The molecule has 0 N–H and O–H groups in total. The van der Waals surface area contributed by atoms with Crippen molar-refractivity contribution >= 4 is 5.78 Å². The van der Waals surface area contributed by atoms with E-state index in [9.17, 15) is 4.79 Å². The molecule has 1 aliphatic carbocycles. The fraction of sp³-hybridized carbons (Fsp3) is 0.923. The van der Waals surface area contributed by atoms with Gasteiger partial charge >= 0.3 is 0 Å². The van der Waals surface area contributed by atoms with E-state index in [-0.39, 0.29) is 16.9 Å². The Morgan fingerprint density at radius 2 is 1.93 bits per heavy atom. The molecule has 1 heterocycles. The smallest absolute Gasteiger partial charge is 0.141 e. The largest absolute Gasteiger partial charge is 0.374 e. The predicted octanol–water partition coefficient (Wildman–Crippen LogP) is 2.95. The number of Topliss-reactive ketones (excluding diaryl/α,β-unsaturated/α-hetero) is 1. The molecule has 0 amide bonds. The average Bonchev–Trinajstić information content (AvgIpc) is 2.16. The maximum absolute atomic E-state index is 11.9. The lowest BCUT2D eigenvalue weighted by Crippen LogP contribution is -2.56. The summed E-state index contributed by atoms with van der Waals surface area (Å²) in [5.41, 5.74) is -0.0639. The van der Waals surface area contributed by atoms with E-state index in [1.165, 1.54) is 6.42 Å². The van der Waals surface area contributed by atoms with E-state index < -0.39 is 0 Å². The van der Waals surface area contributed by atoms with Crippen molar-refractivity contribution in [3.8, 4) is 0 Å². The summed E-state index contributed by atoms with van der Waals surface area (Å²) >= 11 is 0. The van der Waals surface area contributed by atoms with Crippen LogP contribution >= 0.6 is 0 Å². The van der Waals surface area contributed by atoms with Crippen molar-refractivity contribution in [1.82, 2.24) is 0 Å². The standard InChI is InChI=1S/C13H22O2/c1-9-5-7-13(4)8-6-10(14)12(2,3)11(13)15-9/h9,11H,5-8H2,1-4H3/t9?,11-,13?/m0/s1. The van der Waals surface area contributed by atoms with Crippen molar-refractivity contribution < 1.29 is 9.53 Å². The Morgan fingerprint density at radius 3 is 2.60 bits per heavy atom. The van der Waals surface area contributed by atoms with Gasteiger partial charge in [-0.25, -0.2) is 0 Å². The van der Waals surface area contributed by atoms with Crippen molar-refractivity contribution in [3.63, 3.8) is 0 Å². The van der Waals surface area contributed by atoms with Crippen molar-refractivity contribution in [2.45, 2.75) is 65.6 Å². The highest BCUT2D eigenvalue weighted by Gasteiger charge is 2.53. The van der Waals surface area contributed by atoms with Crippen LogP contribution < -0.4 is 0 Å². The van der Waals surface area contributed by atoms with Gasteiger partial charge in [0.1, 0.15) is 5.78 Å². The maximum atomic E-state index is 11.9. The second kappa shape index (κ2) is 3.31. The molecule has 2 aliphatic rings. The molecule has 0 bridgehead atoms. The molecular formula is C13H22O2. The summed E-state index contributed by atoms with van der Waals surface area (Å²) in [5, 5.41) is 0. The molecule has 2 heteroatoms. The van der Waals surface area contributed by atoms with E-state index in [0.717, 1.165) is 19.3 Å². The summed E-state index contributed by atoms with van der Waals surface area (Å²) in [5.74, 6) is 0.374. The summed E-state index contributed by atoms with van der Waals surface area (Å²) in [4.78, 5) is 11.9. The van der Waals surface area contributed by atoms with Gasteiger partial charge in [-0.05, 0) is 31.6 Å². The van der Waals surface area contributed by atoms with Gasteiger partial charge in [0.2, 0.25) is 0 Å². The molecule has 1 saturated heterocycles. The molecule has 0 radical (unpaired) electrons. The molecule has 2 fully saturated rings. The van der Waals surface area contributed by atoms with E-state index in [1.807, 2.05) is 0 Å². The lowest BCUT2D eigenvalue weighted by Gasteiger charge is -2.53. The van der Waals surface area contributed by atoms with Crippen LogP contribution in [0.15, 0.2) is 0 Å². The first-order chi connectivity index (χ1) is 6.86. The van der Waals surface area contributed by atoms with Gasteiger partial charge in [0.15, 0.2) is 0 Å². The second-order valence-electron chi connectivity index (χ2n) is 6.16. The van der Waals surface area contributed by atoms with Crippen molar-refractivity contribution in [1.29, 1.82) is 0 Å². The fourth-order valence-electron chi connectivity index (χ4n) is 3.29. The van der Waals surface area contributed by atoms with Crippen LogP contribution in [0.1, 0.15) is 53.4 Å². The zero-order chi connectivity index (χ0) is 11.3. The number of hydrogen-bond acceptors (Lipinski definition) is 2. The first kappa shape index (κ1) is 11.1. The quantitative estimate of drug-likeness (QED) is 0.614. The maximum Gasteiger partial charge on any atom is 0.141 e. The number of fused-ring (bicyclic) bond motifs is 1. The van der Waals surface area contributed by atoms with Crippen molar-refractivity contribution in [2.24, 2.45) is 10.8 Å². The molecule has 2 nitrogen and oxygen atoms in total. The number of ether oxygens (including phenoxy) is 1. The third-order valence-electron chi connectivity index (χ3n) is 4.42. The van der Waals surface area contributed by atoms with Gasteiger partial charge in [-0.3, -0.25) is 4.79 Å². The number of hydrogen-bond donors (Lipinski definition) is 0. The molecule has 86 valence electrons. The van der Waals surface area contributed by atoms with Crippen LogP contribution in [0.25, 0.3) is 0 Å². The molecule has 0 aromatic heterocycles. The third kappa shape index (κ3) is 1.63. The van der Waals surface area contributed by atoms with Crippen LogP contribution in [0.5, 0.6) is 0 Å². The van der Waals surface area contributed by atoms with Crippen LogP contribution in [0.3, 0.4) is 0 Å². The highest BCUT2D eigenvalue weighted by atomic mass is 16.5. The van der Waals surface area contributed by atoms with E-state index in [0.29, 0.717) is 11.9 Å². The Labute approximate surface area is 92.4 Å². The molecule has 15 heavy (non-hydrogen) atoms. The Hall–Kier alpha value is -0.370. The molecule has 2 unspecified atom stereocenters. The topological polar surface area (TPSA) is 26.3 Å². The first-order valence-corrected chi connectivity index (χ1v) is 6.05. The summed E-state index contributed by atoms with van der Waals surface area (Å²) in [6, 6.07) is 0. The number of carbonyl (C=O) groups is 1. The van der Waals surface area contributed by atoms with Gasteiger partial charge in [-0.15, -0.1) is 0 Å². The van der Waals surface area contributed by atoms with Crippen LogP contribution in [-0.2, 0) is 9.53 Å². The van der Waals surface area contributed by atoms with Crippen molar-refractivity contribution in [2.75, 3.05) is 0 Å². The first-order valence-electron chi connectivity index (χ1n) is 6.05. The zero-order valence-electron chi connectivity index (χ0n) is 10.3. The summed E-state index contributed by atoms with van der Waals surface area (Å²) in [7, 11) is 0. The van der Waals surface area contributed by atoms with Gasteiger partial charge < -0.3 is 4.74 Å². The minimum Gasteiger partial charge on any atom is -0.374 e. The fourth-order valence-corrected chi connectivity index (χ4v) is 3.29. The molecule has 1 saturated carbocycles. The minimum absolute atomic E-state index is 0.120. The normalized spacial score (nSPS) is 44.9. The molecule has 1 aliphatic heterocycles. The summed E-state index contributed by atoms with van der Waals surface area (Å²) in [6.45, 7) is 8.51. The number of rotatable bonds is 0. The Kier molecular flexibility index (Phi) is 2.45. The SMILES string of the molecule is CC1CCC2(C)CCC(=O)C(C)(C)[C@@H]2O1. The predicted molar refractivity (Wildman–Crippen MR) is 59.7 cm³/mol. The monoisotopic (exact) mass is 210 g/mol. The zero-order valence-corrected chi connectivity index (χ0v) is 10.3. The average molecular weight is 210 g/mol. The van der Waals surface area contributed by atoms with Crippen molar-refractivity contribution in [3.05, 3.63) is 0 Å². The second-order valence-corrected chi connectivity index (χ2v) is 6.16.